The van der Waals surface area contributed by atoms with Crippen LogP contribution in [0.15, 0.2) is 24.3 Å². The van der Waals surface area contributed by atoms with E-state index >= 15 is 0 Å². The Balaban J connectivity index is 2.57. The van der Waals surface area contributed by atoms with E-state index in [2.05, 4.69) is 37.6 Å². The molecular formula is C13H20ClNS. The lowest BCUT2D eigenvalue weighted by atomic mass is 10.0. The van der Waals surface area contributed by atoms with Gasteiger partial charge in [0.2, 0.25) is 0 Å². The molecule has 0 bridgehead atoms. The van der Waals surface area contributed by atoms with Crippen molar-refractivity contribution in [3.63, 3.8) is 0 Å². The summed E-state index contributed by atoms with van der Waals surface area (Å²) >= 11 is 7.78. The van der Waals surface area contributed by atoms with Gasteiger partial charge in [0.1, 0.15) is 0 Å². The first-order chi connectivity index (χ1) is 7.67. The first-order valence-corrected chi connectivity index (χ1v) is 7.35. The van der Waals surface area contributed by atoms with Crippen molar-refractivity contribution in [2.75, 3.05) is 12.8 Å². The van der Waals surface area contributed by atoms with Crippen LogP contribution in [0.4, 0.5) is 0 Å². The Labute approximate surface area is 108 Å². The Kier molecular flexibility index (Phi) is 6.25. The zero-order chi connectivity index (χ0) is 12.0. The van der Waals surface area contributed by atoms with Crippen molar-refractivity contribution < 1.29 is 0 Å². The number of benzene rings is 1. The predicted molar refractivity (Wildman–Crippen MR) is 75.5 cm³/mol. The van der Waals surface area contributed by atoms with Gasteiger partial charge in [-0.05, 0) is 30.4 Å². The van der Waals surface area contributed by atoms with Gasteiger partial charge < -0.3 is 5.32 Å². The predicted octanol–water partition coefficient (Wildman–Crippen LogP) is 4.13. The van der Waals surface area contributed by atoms with Gasteiger partial charge in [0, 0.05) is 22.9 Å². The van der Waals surface area contributed by atoms with Gasteiger partial charge in [0.15, 0.2) is 0 Å². The molecule has 2 atom stereocenters. The van der Waals surface area contributed by atoms with Gasteiger partial charge in [0.05, 0.1) is 0 Å². The number of nitrogens with one attached hydrogen (secondary N) is 1. The molecule has 0 aliphatic heterocycles. The molecular weight excluding hydrogens is 238 g/mol. The van der Waals surface area contributed by atoms with E-state index in [9.17, 15) is 0 Å². The SMILES string of the molecule is CCC(NCC(C)SC)c1ccc(Cl)cc1. The lowest BCUT2D eigenvalue weighted by Crippen LogP contribution is -2.27. The maximum absolute atomic E-state index is 5.89. The summed E-state index contributed by atoms with van der Waals surface area (Å²) in [5.41, 5.74) is 1.32. The minimum atomic E-state index is 0.437. The second-order valence-electron chi connectivity index (χ2n) is 3.97. The van der Waals surface area contributed by atoms with Crippen molar-refractivity contribution in [1.82, 2.24) is 5.32 Å². The van der Waals surface area contributed by atoms with Crippen LogP contribution >= 0.6 is 23.4 Å². The lowest BCUT2D eigenvalue weighted by Gasteiger charge is -2.19. The maximum atomic E-state index is 5.89. The van der Waals surface area contributed by atoms with Gasteiger partial charge in [0.25, 0.3) is 0 Å². The summed E-state index contributed by atoms with van der Waals surface area (Å²) in [6.07, 6.45) is 3.25. The van der Waals surface area contributed by atoms with Crippen LogP contribution in [0.2, 0.25) is 5.02 Å². The zero-order valence-electron chi connectivity index (χ0n) is 10.2. The van der Waals surface area contributed by atoms with Crippen molar-refractivity contribution >= 4 is 23.4 Å². The fourth-order valence-corrected chi connectivity index (χ4v) is 1.97. The van der Waals surface area contributed by atoms with Crippen molar-refractivity contribution in [2.45, 2.75) is 31.6 Å². The Morgan fingerprint density at radius 3 is 2.44 bits per heavy atom. The van der Waals surface area contributed by atoms with E-state index in [4.69, 9.17) is 11.6 Å². The van der Waals surface area contributed by atoms with Crippen molar-refractivity contribution in [3.8, 4) is 0 Å². The molecule has 0 aliphatic carbocycles. The molecule has 0 amide bonds. The molecule has 1 aromatic rings. The van der Waals surface area contributed by atoms with Crippen molar-refractivity contribution in [2.24, 2.45) is 0 Å². The van der Waals surface area contributed by atoms with Crippen LogP contribution in [0.25, 0.3) is 0 Å². The largest absolute Gasteiger partial charge is 0.309 e. The van der Waals surface area contributed by atoms with E-state index in [1.54, 1.807) is 0 Å². The number of thioether (sulfide) groups is 1. The molecule has 1 N–H and O–H groups in total. The molecule has 16 heavy (non-hydrogen) atoms. The molecule has 1 aromatic carbocycles. The van der Waals surface area contributed by atoms with Crippen molar-refractivity contribution in [3.05, 3.63) is 34.9 Å². The van der Waals surface area contributed by atoms with Gasteiger partial charge in [-0.25, -0.2) is 0 Å². The summed E-state index contributed by atoms with van der Waals surface area (Å²) in [5, 5.41) is 5.05. The fourth-order valence-electron chi connectivity index (χ4n) is 1.58. The number of rotatable bonds is 6. The Morgan fingerprint density at radius 2 is 1.94 bits per heavy atom. The molecule has 0 fully saturated rings. The van der Waals surface area contributed by atoms with Crippen LogP contribution < -0.4 is 5.32 Å². The highest BCUT2D eigenvalue weighted by Crippen LogP contribution is 2.19. The summed E-state index contributed by atoms with van der Waals surface area (Å²) in [6.45, 7) is 5.49. The monoisotopic (exact) mass is 257 g/mol. The average molecular weight is 258 g/mol. The van der Waals surface area contributed by atoms with Gasteiger partial charge >= 0.3 is 0 Å². The minimum absolute atomic E-state index is 0.437. The van der Waals surface area contributed by atoms with Gasteiger partial charge in [-0.1, -0.05) is 37.6 Å². The molecule has 0 aliphatic rings. The summed E-state index contributed by atoms with van der Waals surface area (Å²) in [6, 6.07) is 8.56. The van der Waals surface area contributed by atoms with E-state index in [0.717, 1.165) is 18.0 Å². The Hall–Kier alpha value is -0.180. The number of halogens is 1. The molecule has 0 saturated carbocycles. The summed E-state index contributed by atoms with van der Waals surface area (Å²) in [5.74, 6) is 0. The molecule has 3 heteroatoms. The molecule has 1 nitrogen and oxygen atoms in total. The first-order valence-electron chi connectivity index (χ1n) is 5.69. The average Bonchev–Trinajstić information content (AvgIpc) is 2.31. The Morgan fingerprint density at radius 1 is 1.31 bits per heavy atom. The molecule has 0 heterocycles. The topological polar surface area (TPSA) is 12.0 Å². The Bertz CT molecular complexity index is 299. The first kappa shape index (κ1) is 13.9. The molecule has 2 unspecified atom stereocenters. The van der Waals surface area contributed by atoms with E-state index in [1.807, 2.05) is 23.9 Å². The highest BCUT2D eigenvalue weighted by atomic mass is 35.5. The van der Waals surface area contributed by atoms with Crippen molar-refractivity contribution in [1.29, 1.82) is 0 Å². The van der Waals surface area contributed by atoms with E-state index in [0.29, 0.717) is 11.3 Å². The van der Waals surface area contributed by atoms with Crippen LogP contribution in [0.1, 0.15) is 31.9 Å². The van der Waals surface area contributed by atoms with Crippen LogP contribution in [0.5, 0.6) is 0 Å². The van der Waals surface area contributed by atoms with Crippen LogP contribution in [-0.2, 0) is 0 Å². The second kappa shape index (κ2) is 7.21. The summed E-state index contributed by atoms with van der Waals surface area (Å²) in [4.78, 5) is 0. The molecule has 0 aromatic heterocycles. The third kappa shape index (κ3) is 4.36. The third-order valence-corrected chi connectivity index (χ3v) is 3.96. The highest BCUT2D eigenvalue weighted by Gasteiger charge is 2.09. The normalized spacial score (nSPS) is 14.8. The standard InChI is InChI=1S/C13H20ClNS/c1-4-13(15-9-10(2)16-3)11-5-7-12(14)8-6-11/h5-8,10,13,15H,4,9H2,1-3H3. The summed E-state index contributed by atoms with van der Waals surface area (Å²) in [7, 11) is 0. The number of hydrogen-bond acceptors (Lipinski definition) is 2. The van der Waals surface area contributed by atoms with Gasteiger partial charge in [-0.3, -0.25) is 0 Å². The maximum Gasteiger partial charge on any atom is 0.0406 e. The van der Waals surface area contributed by atoms with Crippen LogP contribution in [-0.4, -0.2) is 18.1 Å². The van der Waals surface area contributed by atoms with E-state index < -0.39 is 0 Å². The van der Waals surface area contributed by atoms with E-state index in [-0.39, 0.29) is 0 Å². The van der Waals surface area contributed by atoms with Gasteiger partial charge in [-0.15, -0.1) is 0 Å². The molecule has 1 rings (SSSR count). The lowest BCUT2D eigenvalue weighted by molar-refractivity contribution is 0.522. The van der Waals surface area contributed by atoms with Gasteiger partial charge in [-0.2, -0.15) is 11.8 Å². The molecule has 0 saturated heterocycles. The fraction of sp³-hybridized carbons (Fsp3) is 0.538. The quantitative estimate of drug-likeness (QED) is 0.822. The summed E-state index contributed by atoms with van der Waals surface area (Å²) < 4.78 is 0. The molecule has 0 radical (unpaired) electrons. The molecule has 90 valence electrons. The highest BCUT2D eigenvalue weighted by molar-refractivity contribution is 7.99. The third-order valence-electron chi connectivity index (χ3n) is 2.73. The number of hydrogen-bond donors (Lipinski definition) is 1. The van der Waals surface area contributed by atoms with Crippen LogP contribution in [0, 0.1) is 0 Å². The second-order valence-corrected chi connectivity index (χ2v) is 5.68. The minimum Gasteiger partial charge on any atom is -0.309 e. The van der Waals surface area contributed by atoms with E-state index in [1.165, 1.54) is 5.56 Å². The van der Waals surface area contributed by atoms with Crippen LogP contribution in [0.3, 0.4) is 0 Å². The molecule has 0 spiro atoms. The smallest absolute Gasteiger partial charge is 0.0406 e. The zero-order valence-corrected chi connectivity index (χ0v) is 11.7.